The fourth-order valence-electron chi connectivity index (χ4n) is 3.44. The summed E-state index contributed by atoms with van der Waals surface area (Å²) in [6, 6.07) is 13.5. The molecule has 0 aliphatic carbocycles. The average molecular weight is 480 g/mol. The van der Waals surface area contributed by atoms with Gasteiger partial charge in [-0.2, -0.15) is 0 Å². The van der Waals surface area contributed by atoms with Crippen molar-refractivity contribution in [3.63, 3.8) is 0 Å². The van der Waals surface area contributed by atoms with Crippen LogP contribution in [0.2, 0.25) is 14.4 Å². The summed E-state index contributed by atoms with van der Waals surface area (Å²) in [5, 5.41) is 3.32. The van der Waals surface area contributed by atoms with Crippen LogP contribution >= 0.6 is 46.1 Å². The topological polar surface area (TPSA) is 49.4 Å². The van der Waals surface area contributed by atoms with E-state index in [0.29, 0.717) is 22.1 Å². The summed E-state index contributed by atoms with van der Waals surface area (Å²) in [6.07, 6.45) is 2.91. The van der Waals surface area contributed by atoms with Crippen molar-refractivity contribution >= 4 is 69.3 Å². The third-order valence-electron chi connectivity index (χ3n) is 4.91. The number of amides is 2. The highest BCUT2D eigenvalue weighted by molar-refractivity contribution is 7.16. The molecule has 3 aromatic rings. The molecule has 0 atom stereocenters. The molecule has 2 heterocycles. The van der Waals surface area contributed by atoms with Crippen LogP contribution in [0, 0.1) is 0 Å². The second kappa shape index (κ2) is 8.98. The number of nitrogens with zero attached hydrogens (tertiary/aromatic N) is 1. The number of fused-ring (bicyclic) bond motifs is 1. The number of hydrogen-bond donors (Lipinski definition) is 1. The lowest BCUT2D eigenvalue weighted by atomic mass is 10.1. The molecule has 0 spiro atoms. The maximum absolute atomic E-state index is 13.1. The van der Waals surface area contributed by atoms with Crippen molar-refractivity contribution < 1.29 is 9.59 Å². The number of rotatable bonds is 3. The van der Waals surface area contributed by atoms with Crippen LogP contribution < -0.4 is 10.2 Å². The largest absolute Gasteiger partial charge is 0.322 e. The molecule has 30 heavy (non-hydrogen) atoms. The molecule has 4 nitrogen and oxygen atoms in total. The zero-order chi connectivity index (χ0) is 21.3. The number of halogens is 3. The van der Waals surface area contributed by atoms with E-state index >= 15 is 0 Å². The normalized spacial score (nSPS) is 13.5. The second-order valence-electron chi connectivity index (χ2n) is 6.90. The Morgan fingerprint density at radius 3 is 2.37 bits per heavy atom. The standard InChI is InChI=1S/C22H17Cl3N2O2S/c23-15-4-3-5-16(24)20(15)21(28)26-14-9-7-13(8-10-14)22(29)27-11-2-1-6-18-17(27)12-19(25)30-18/h3-5,7-10,12H,1-2,6,11H2,(H,26,28). The summed E-state index contributed by atoms with van der Waals surface area (Å²) in [4.78, 5) is 28.6. The van der Waals surface area contributed by atoms with Gasteiger partial charge < -0.3 is 10.2 Å². The number of anilines is 2. The molecule has 0 saturated carbocycles. The Hall–Kier alpha value is -2.05. The summed E-state index contributed by atoms with van der Waals surface area (Å²) >= 11 is 19.9. The van der Waals surface area contributed by atoms with Gasteiger partial charge in [-0.1, -0.05) is 40.9 Å². The summed E-state index contributed by atoms with van der Waals surface area (Å²) in [6.45, 7) is 0.655. The summed E-state index contributed by atoms with van der Waals surface area (Å²) in [5.74, 6) is -0.491. The van der Waals surface area contributed by atoms with E-state index in [0.717, 1.165) is 29.8 Å². The molecule has 0 radical (unpaired) electrons. The third-order valence-corrected chi connectivity index (χ3v) is 6.85. The van der Waals surface area contributed by atoms with Gasteiger partial charge in [-0.05, 0) is 61.7 Å². The maximum Gasteiger partial charge on any atom is 0.258 e. The minimum absolute atomic E-state index is 0.0837. The fourth-order valence-corrected chi connectivity index (χ4v) is 5.32. The van der Waals surface area contributed by atoms with Crippen LogP contribution in [0.5, 0.6) is 0 Å². The van der Waals surface area contributed by atoms with E-state index < -0.39 is 5.91 Å². The molecule has 0 bridgehead atoms. The molecule has 1 aliphatic heterocycles. The van der Waals surface area contributed by atoms with Gasteiger partial charge in [-0.15, -0.1) is 11.3 Å². The van der Waals surface area contributed by atoms with E-state index in [1.807, 2.05) is 6.07 Å². The molecule has 0 saturated heterocycles. The fraction of sp³-hybridized carbons (Fsp3) is 0.182. The Morgan fingerprint density at radius 1 is 0.967 bits per heavy atom. The first kappa shape index (κ1) is 21.2. The number of aryl methyl sites for hydroxylation is 1. The number of nitrogens with one attached hydrogen (secondary N) is 1. The third kappa shape index (κ3) is 4.35. The molecular formula is C22H17Cl3N2O2S. The zero-order valence-electron chi connectivity index (χ0n) is 15.8. The lowest BCUT2D eigenvalue weighted by Gasteiger charge is -2.21. The number of carbonyl (C=O) groups is 2. The SMILES string of the molecule is O=C(Nc1ccc(C(=O)N2CCCCc3sc(Cl)cc32)cc1)c1c(Cl)cccc1Cl. The minimum Gasteiger partial charge on any atom is -0.322 e. The molecule has 1 aliphatic rings. The maximum atomic E-state index is 13.1. The van der Waals surface area contributed by atoms with Gasteiger partial charge in [0.1, 0.15) is 0 Å². The van der Waals surface area contributed by atoms with Crippen molar-refractivity contribution in [3.05, 3.63) is 78.9 Å². The Bertz CT molecular complexity index is 1090. The monoisotopic (exact) mass is 478 g/mol. The quantitative estimate of drug-likeness (QED) is 0.442. The highest BCUT2D eigenvalue weighted by Gasteiger charge is 2.24. The molecule has 154 valence electrons. The highest BCUT2D eigenvalue weighted by atomic mass is 35.5. The van der Waals surface area contributed by atoms with Crippen molar-refractivity contribution in [1.29, 1.82) is 0 Å². The summed E-state index contributed by atoms with van der Waals surface area (Å²) < 4.78 is 0.691. The molecule has 1 aromatic heterocycles. The van der Waals surface area contributed by atoms with Crippen LogP contribution in [0.25, 0.3) is 0 Å². The van der Waals surface area contributed by atoms with Crippen molar-refractivity contribution in [2.24, 2.45) is 0 Å². The first-order valence-corrected chi connectivity index (χ1v) is 11.3. The van der Waals surface area contributed by atoms with Crippen molar-refractivity contribution in [3.8, 4) is 0 Å². The lowest BCUT2D eigenvalue weighted by molar-refractivity contribution is 0.0986. The van der Waals surface area contributed by atoms with E-state index in [2.05, 4.69) is 5.32 Å². The Morgan fingerprint density at radius 2 is 1.67 bits per heavy atom. The van der Waals surface area contributed by atoms with E-state index in [-0.39, 0.29) is 21.5 Å². The molecule has 8 heteroatoms. The van der Waals surface area contributed by atoms with Gasteiger partial charge in [0.2, 0.25) is 0 Å². The van der Waals surface area contributed by atoms with Crippen molar-refractivity contribution in [1.82, 2.24) is 0 Å². The van der Waals surface area contributed by atoms with Crippen LogP contribution in [0.4, 0.5) is 11.4 Å². The zero-order valence-corrected chi connectivity index (χ0v) is 18.8. The van der Waals surface area contributed by atoms with Gasteiger partial charge >= 0.3 is 0 Å². The number of hydrogen-bond acceptors (Lipinski definition) is 3. The minimum atomic E-state index is -0.408. The van der Waals surface area contributed by atoms with Gasteiger partial charge in [0.25, 0.3) is 11.8 Å². The van der Waals surface area contributed by atoms with Gasteiger partial charge in [-0.25, -0.2) is 0 Å². The first-order chi connectivity index (χ1) is 14.4. The van der Waals surface area contributed by atoms with E-state index in [9.17, 15) is 9.59 Å². The lowest BCUT2D eigenvalue weighted by Crippen LogP contribution is -2.31. The van der Waals surface area contributed by atoms with Crippen LogP contribution in [0.3, 0.4) is 0 Å². The number of carbonyl (C=O) groups excluding carboxylic acids is 2. The summed E-state index contributed by atoms with van der Waals surface area (Å²) in [5.41, 5.74) is 2.20. The van der Waals surface area contributed by atoms with Crippen LogP contribution in [-0.2, 0) is 6.42 Å². The average Bonchev–Trinajstić information content (AvgIpc) is 2.97. The van der Waals surface area contributed by atoms with Crippen LogP contribution in [0.15, 0.2) is 48.5 Å². The second-order valence-corrected chi connectivity index (χ2v) is 9.48. The molecule has 0 fully saturated rings. The van der Waals surface area contributed by atoms with Crippen molar-refractivity contribution in [2.75, 3.05) is 16.8 Å². The Balaban J connectivity index is 1.52. The number of thiophene rings is 1. The van der Waals surface area contributed by atoms with E-state index in [4.69, 9.17) is 34.8 Å². The van der Waals surface area contributed by atoms with E-state index in [1.54, 1.807) is 47.4 Å². The van der Waals surface area contributed by atoms with Crippen molar-refractivity contribution in [2.45, 2.75) is 19.3 Å². The molecule has 4 rings (SSSR count). The van der Waals surface area contributed by atoms with Crippen LogP contribution in [0.1, 0.15) is 38.4 Å². The van der Waals surface area contributed by atoms with Gasteiger partial charge in [-0.3, -0.25) is 9.59 Å². The predicted molar refractivity (Wildman–Crippen MR) is 125 cm³/mol. The Kier molecular flexibility index (Phi) is 6.34. The predicted octanol–water partition coefficient (Wildman–Crippen LogP) is 6.94. The summed E-state index contributed by atoms with van der Waals surface area (Å²) in [7, 11) is 0. The van der Waals surface area contributed by atoms with E-state index in [1.165, 1.54) is 11.3 Å². The highest BCUT2D eigenvalue weighted by Crippen LogP contribution is 2.37. The van der Waals surface area contributed by atoms with Crippen LogP contribution in [-0.4, -0.2) is 18.4 Å². The van der Waals surface area contributed by atoms with Gasteiger partial charge in [0, 0.05) is 22.7 Å². The molecule has 2 aromatic carbocycles. The molecule has 2 amide bonds. The molecular weight excluding hydrogens is 463 g/mol. The van der Waals surface area contributed by atoms with Gasteiger partial charge in [0.05, 0.1) is 25.6 Å². The Labute approximate surface area is 193 Å². The molecule has 1 N–H and O–H groups in total. The number of benzene rings is 2. The smallest absolute Gasteiger partial charge is 0.258 e. The molecule has 0 unspecified atom stereocenters. The van der Waals surface area contributed by atoms with Gasteiger partial charge in [0.15, 0.2) is 0 Å². The first-order valence-electron chi connectivity index (χ1n) is 9.39.